The molecular formula is C9H16O3. The molecule has 0 rings (SSSR count). The second-order valence-electron chi connectivity index (χ2n) is 2.60. The largest absolute Gasteiger partial charge is 0.299 e. The highest BCUT2D eigenvalue weighted by Crippen LogP contribution is 2.03. The maximum atomic E-state index is 9.85. The third kappa shape index (κ3) is 9.33. The molecule has 0 radical (unpaired) electrons. The number of rotatable bonds is 8. The molecule has 0 bridgehead atoms. The van der Waals surface area contributed by atoms with Crippen LogP contribution in [0.5, 0.6) is 0 Å². The summed E-state index contributed by atoms with van der Waals surface area (Å²) in [6, 6.07) is 0. The molecule has 0 aliphatic heterocycles. The van der Waals surface area contributed by atoms with E-state index in [1.54, 1.807) is 0 Å². The predicted molar refractivity (Wildman–Crippen MR) is 46.9 cm³/mol. The highest BCUT2D eigenvalue weighted by atomic mass is 17.1. The molecule has 0 unspecified atom stereocenters. The molecule has 0 atom stereocenters. The summed E-state index contributed by atoms with van der Waals surface area (Å²) >= 11 is 0. The molecule has 0 saturated carbocycles. The van der Waals surface area contributed by atoms with Gasteiger partial charge in [0.1, 0.15) is 6.29 Å². The van der Waals surface area contributed by atoms with Gasteiger partial charge in [0.2, 0.25) is 0 Å². The molecule has 3 heteroatoms. The molecule has 0 aromatic rings. The summed E-state index contributed by atoms with van der Waals surface area (Å²) in [4.78, 5) is 13.8. The van der Waals surface area contributed by atoms with Crippen molar-refractivity contribution >= 4 is 6.29 Å². The van der Waals surface area contributed by atoms with Gasteiger partial charge in [-0.3, -0.25) is 10.1 Å². The Balaban J connectivity index is 2.90. The van der Waals surface area contributed by atoms with Crippen LogP contribution in [0.2, 0.25) is 0 Å². The molecule has 3 nitrogen and oxygen atoms in total. The molecule has 12 heavy (non-hydrogen) atoms. The maximum Gasteiger partial charge on any atom is 0.142 e. The summed E-state index contributed by atoms with van der Waals surface area (Å²) in [7, 11) is 0. The zero-order valence-electron chi connectivity index (χ0n) is 7.24. The van der Waals surface area contributed by atoms with Gasteiger partial charge in [0.05, 0.1) is 6.61 Å². The van der Waals surface area contributed by atoms with Gasteiger partial charge < -0.3 is 0 Å². The van der Waals surface area contributed by atoms with Crippen molar-refractivity contribution in [2.45, 2.75) is 32.1 Å². The van der Waals surface area contributed by atoms with Crippen LogP contribution in [-0.2, 0) is 9.68 Å². The monoisotopic (exact) mass is 172 g/mol. The van der Waals surface area contributed by atoms with Crippen molar-refractivity contribution in [3.63, 3.8) is 0 Å². The van der Waals surface area contributed by atoms with Gasteiger partial charge in [-0.2, -0.15) is 0 Å². The fraction of sp³-hybridized carbons (Fsp3) is 0.667. The summed E-state index contributed by atoms with van der Waals surface area (Å²) in [5, 5.41) is 7.99. The minimum absolute atomic E-state index is 0.421. The number of unbranched alkanes of at least 4 members (excludes halogenated alkanes) is 4. The van der Waals surface area contributed by atoms with Gasteiger partial charge in [0.15, 0.2) is 0 Å². The Morgan fingerprint density at radius 3 is 2.58 bits per heavy atom. The molecule has 0 aliphatic rings. The Bertz CT molecular complexity index is 121. The third-order valence-electron chi connectivity index (χ3n) is 1.57. The van der Waals surface area contributed by atoms with E-state index < -0.39 is 0 Å². The molecular weight excluding hydrogens is 156 g/mol. The SMILES string of the molecule is O=C/C=C/CCCCCCOO. The number of aldehydes is 1. The summed E-state index contributed by atoms with van der Waals surface area (Å²) in [6.07, 6.45) is 9.32. The molecule has 0 fully saturated rings. The first-order valence-electron chi connectivity index (χ1n) is 4.28. The zero-order chi connectivity index (χ0) is 9.07. The predicted octanol–water partition coefficient (Wildman–Crippen LogP) is 2.18. The van der Waals surface area contributed by atoms with Crippen LogP contribution in [0.25, 0.3) is 0 Å². The first-order chi connectivity index (χ1) is 5.91. The molecule has 0 aromatic heterocycles. The van der Waals surface area contributed by atoms with Gasteiger partial charge in [-0.1, -0.05) is 18.9 Å². The lowest BCUT2D eigenvalue weighted by atomic mass is 10.1. The van der Waals surface area contributed by atoms with E-state index in [1.807, 2.05) is 6.08 Å². The number of carbonyl (C=O) groups excluding carboxylic acids is 1. The Morgan fingerprint density at radius 2 is 1.92 bits per heavy atom. The van der Waals surface area contributed by atoms with E-state index in [4.69, 9.17) is 5.26 Å². The van der Waals surface area contributed by atoms with Crippen molar-refractivity contribution in [1.82, 2.24) is 0 Å². The molecule has 0 heterocycles. The average molecular weight is 172 g/mol. The zero-order valence-corrected chi connectivity index (χ0v) is 7.24. The fourth-order valence-electron chi connectivity index (χ4n) is 0.934. The van der Waals surface area contributed by atoms with Gasteiger partial charge in [0, 0.05) is 0 Å². The maximum absolute atomic E-state index is 9.85. The second-order valence-corrected chi connectivity index (χ2v) is 2.60. The smallest absolute Gasteiger partial charge is 0.142 e. The minimum Gasteiger partial charge on any atom is -0.299 e. The molecule has 0 aromatic carbocycles. The number of allylic oxidation sites excluding steroid dienone is 2. The average Bonchev–Trinajstić information content (AvgIpc) is 2.10. The topological polar surface area (TPSA) is 46.5 Å². The van der Waals surface area contributed by atoms with Gasteiger partial charge in [-0.15, -0.1) is 0 Å². The number of carbonyl (C=O) groups is 1. The Hall–Kier alpha value is -0.670. The first kappa shape index (κ1) is 11.3. The molecule has 0 amide bonds. The normalized spacial score (nSPS) is 10.8. The molecule has 0 saturated heterocycles. The highest BCUT2D eigenvalue weighted by Gasteiger charge is 1.88. The lowest BCUT2D eigenvalue weighted by molar-refractivity contribution is -0.242. The molecule has 70 valence electrons. The Kier molecular flexibility index (Phi) is 9.75. The third-order valence-corrected chi connectivity index (χ3v) is 1.57. The van der Waals surface area contributed by atoms with Crippen LogP contribution in [0.1, 0.15) is 32.1 Å². The Labute approximate surface area is 73.0 Å². The van der Waals surface area contributed by atoms with E-state index >= 15 is 0 Å². The Morgan fingerprint density at radius 1 is 1.17 bits per heavy atom. The van der Waals surface area contributed by atoms with Crippen LogP contribution >= 0.6 is 0 Å². The standard InChI is InChI=1S/C9H16O3/c10-8-6-4-2-1-3-5-7-9-12-11/h4,6,8,11H,1-3,5,7,9H2/b6-4+. The number of hydrogen-bond acceptors (Lipinski definition) is 3. The van der Waals surface area contributed by atoms with Gasteiger partial charge >= 0.3 is 0 Å². The van der Waals surface area contributed by atoms with Crippen molar-refractivity contribution in [1.29, 1.82) is 0 Å². The van der Waals surface area contributed by atoms with Gasteiger partial charge in [0.25, 0.3) is 0 Å². The van der Waals surface area contributed by atoms with Crippen LogP contribution in [-0.4, -0.2) is 18.2 Å². The lowest BCUT2D eigenvalue weighted by Gasteiger charge is -1.96. The lowest BCUT2D eigenvalue weighted by Crippen LogP contribution is -1.88. The van der Waals surface area contributed by atoms with E-state index in [0.717, 1.165) is 38.4 Å². The van der Waals surface area contributed by atoms with Crippen molar-refractivity contribution in [3.05, 3.63) is 12.2 Å². The fourth-order valence-corrected chi connectivity index (χ4v) is 0.934. The molecule has 0 spiro atoms. The van der Waals surface area contributed by atoms with Crippen LogP contribution in [0.3, 0.4) is 0 Å². The second kappa shape index (κ2) is 10.3. The van der Waals surface area contributed by atoms with E-state index in [2.05, 4.69) is 4.89 Å². The first-order valence-corrected chi connectivity index (χ1v) is 4.28. The van der Waals surface area contributed by atoms with E-state index in [1.165, 1.54) is 6.08 Å². The van der Waals surface area contributed by atoms with Crippen LogP contribution in [0, 0.1) is 0 Å². The van der Waals surface area contributed by atoms with E-state index in [-0.39, 0.29) is 0 Å². The quantitative estimate of drug-likeness (QED) is 0.201. The van der Waals surface area contributed by atoms with E-state index in [0.29, 0.717) is 6.61 Å². The van der Waals surface area contributed by atoms with Gasteiger partial charge in [-0.05, 0) is 25.3 Å². The van der Waals surface area contributed by atoms with Crippen molar-refractivity contribution < 1.29 is 14.9 Å². The minimum atomic E-state index is 0.421. The summed E-state index contributed by atoms with van der Waals surface area (Å²) in [5.74, 6) is 0. The van der Waals surface area contributed by atoms with Crippen LogP contribution < -0.4 is 0 Å². The van der Waals surface area contributed by atoms with Crippen molar-refractivity contribution in [3.8, 4) is 0 Å². The van der Waals surface area contributed by atoms with Crippen LogP contribution in [0.15, 0.2) is 12.2 Å². The summed E-state index contributed by atoms with van der Waals surface area (Å²) < 4.78 is 0. The van der Waals surface area contributed by atoms with Crippen molar-refractivity contribution in [2.75, 3.05) is 6.61 Å². The number of hydrogen-bond donors (Lipinski definition) is 1. The van der Waals surface area contributed by atoms with Gasteiger partial charge in [-0.25, -0.2) is 4.89 Å². The van der Waals surface area contributed by atoms with Crippen molar-refractivity contribution in [2.24, 2.45) is 0 Å². The molecule has 0 aliphatic carbocycles. The summed E-state index contributed by atoms with van der Waals surface area (Å²) in [5.41, 5.74) is 0. The summed E-state index contributed by atoms with van der Waals surface area (Å²) in [6.45, 7) is 0.421. The van der Waals surface area contributed by atoms with Crippen LogP contribution in [0.4, 0.5) is 0 Å². The van der Waals surface area contributed by atoms with E-state index in [9.17, 15) is 4.79 Å². The molecule has 1 N–H and O–H groups in total. The highest BCUT2D eigenvalue weighted by molar-refractivity contribution is 5.64.